The fourth-order valence-electron chi connectivity index (χ4n) is 8.41. The van der Waals surface area contributed by atoms with Crippen molar-refractivity contribution in [3.05, 3.63) is 45.8 Å². The summed E-state index contributed by atoms with van der Waals surface area (Å²) in [5.41, 5.74) is 4.34. The van der Waals surface area contributed by atoms with Gasteiger partial charge in [0.2, 0.25) is 11.8 Å². The van der Waals surface area contributed by atoms with Crippen molar-refractivity contribution >= 4 is 50.9 Å². The number of carbonyl (C=O) groups is 3. The molecule has 2 amide bonds. The standard InChI is InChI=1S/C37H48N4O3S2/c1-23-17-24(2)19-26(18-23)34-33(30(42)22-39-11-9-25(10-12-39)20-32(43)40-13-15-45-16-14-40)29-21-31(46-35(29)38-34)37(3,4)36(44)41-27-5-6-28(41)8-7-27/h17-19,21,25,27-28,38H,5-16,20,22H2,1-4H3. The summed E-state index contributed by atoms with van der Waals surface area (Å²) in [5, 5.41) is 0.935. The first-order valence-corrected chi connectivity index (χ1v) is 19.2. The number of amides is 2. The van der Waals surface area contributed by atoms with Crippen LogP contribution in [0.4, 0.5) is 0 Å². The second-order valence-electron chi connectivity index (χ2n) is 14.7. The molecule has 1 aromatic carbocycles. The maximum atomic E-state index is 14.3. The number of hydrogen-bond donors (Lipinski definition) is 1. The summed E-state index contributed by atoms with van der Waals surface area (Å²) < 4.78 is 0. The van der Waals surface area contributed by atoms with Crippen LogP contribution in [-0.2, 0) is 15.0 Å². The summed E-state index contributed by atoms with van der Waals surface area (Å²) in [6.07, 6.45) is 7.04. The molecule has 4 saturated heterocycles. The van der Waals surface area contributed by atoms with Gasteiger partial charge in [0.1, 0.15) is 4.83 Å². The number of carbonyl (C=O) groups excluding carboxylic acids is 3. The zero-order valence-corrected chi connectivity index (χ0v) is 29.5. The molecule has 0 saturated carbocycles. The SMILES string of the molecule is Cc1cc(C)cc(-c2[nH]c3sc(C(C)(C)C(=O)N4C5CCC4CC5)cc3c2C(=O)CN2CCC(CC(=O)N3CCSCC3)CC2)c1. The monoisotopic (exact) mass is 660 g/mol. The maximum Gasteiger partial charge on any atom is 0.233 e. The van der Waals surface area contributed by atoms with Gasteiger partial charge in [0.25, 0.3) is 0 Å². The first kappa shape index (κ1) is 32.0. The Kier molecular flexibility index (Phi) is 8.87. The van der Waals surface area contributed by atoms with Gasteiger partial charge in [-0.3, -0.25) is 19.3 Å². The predicted octanol–water partition coefficient (Wildman–Crippen LogP) is 6.80. The van der Waals surface area contributed by atoms with Crippen molar-refractivity contribution in [3.8, 4) is 11.3 Å². The zero-order chi connectivity index (χ0) is 32.2. The number of rotatable bonds is 8. The van der Waals surface area contributed by atoms with E-state index in [1.165, 1.54) is 11.1 Å². The molecular formula is C37H48N4O3S2. The number of thioether (sulfide) groups is 1. The van der Waals surface area contributed by atoms with E-state index in [9.17, 15) is 14.4 Å². The van der Waals surface area contributed by atoms with Gasteiger partial charge in [0, 0.05) is 53.4 Å². The molecular weight excluding hydrogens is 613 g/mol. The number of hydrogen-bond acceptors (Lipinski definition) is 6. The fourth-order valence-corrected chi connectivity index (χ4v) is 10.5. The van der Waals surface area contributed by atoms with Gasteiger partial charge in [-0.2, -0.15) is 11.8 Å². The van der Waals surface area contributed by atoms with E-state index in [0.717, 1.165) is 108 Å². The van der Waals surface area contributed by atoms with E-state index in [4.69, 9.17) is 0 Å². The number of piperidine rings is 1. The molecule has 7 rings (SSSR count). The summed E-state index contributed by atoms with van der Waals surface area (Å²) >= 11 is 3.56. The number of ketones is 1. The predicted molar refractivity (Wildman–Crippen MR) is 189 cm³/mol. The molecule has 3 aromatic rings. The lowest BCUT2D eigenvalue weighted by atomic mass is 9.88. The van der Waals surface area contributed by atoms with E-state index >= 15 is 0 Å². The topological polar surface area (TPSA) is 76.7 Å². The maximum absolute atomic E-state index is 14.3. The van der Waals surface area contributed by atoms with Crippen molar-refractivity contribution in [1.82, 2.24) is 19.7 Å². The van der Waals surface area contributed by atoms with Crippen molar-refractivity contribution < 1.29 is 14.4 Å². The molecule has 2 aromatic heterocycles. The van der Waals surface area contributed by atoms with Crippen molar-refractivity contribution in [2.45, 2.75) is 90.1 Å². The quantitative estimate of drug-likeness (QED) is 0.269. The smallest absolute Gasteiger partial charge is 0.233 e. The molecule has 2 bridgehead atoms. The number of likely N-dealkylation sites (tertiary alicyclic amines) is 1. The number of nitrogens with one attached hydrogen (secondary N) is 1. The highest BCUT2D eigenvalue weighted by atomic mass is 32.2. The minimum absolute atomic E-state index is 0.117. The van der Waals surface area contributed by atoms with Crippen molar-refractivity contribution in [2.24, 2.45) is 5.92 Å². The largest absolute Gasteiger partial charge is 0.346 e. The lowest BCUT2D eigenvalue weighted by molar-refractivity contribution is -0.137. The highest BCUT2D eigenvalue weighted by molar-refractivity contribution is 7.99. The molecule has 0 aliphatic carbocycles. The van der Waals surface area contributed by atoms with Crippen LogP contribution >= 0.6 is 23.1 Å². The molecule has 0 spiro atoms. The molecule has 4 aliphatic rings. The van der Waals surface area contributed by atoms with Crippen molar-refractivity contribution in [2.75, 3.05) is 44.2 Å². The number of aromatic nitrogens is 1. The number of aromatic amines is 1. The zero-order valence-electron chi connectivity index (χ0n) is 27.8. The Labute approximate surface area is 281 Å². The molecule has 4 fully saturated rings. The Balaban J connectivity index is 1.12. The summed E-state index contributed by atoms with van der Waals surface area (Å²) in [5.74, 6) is 3.12. The van der Waals surface area contributed by atoms with Gasteiger partial charge in [0.05, 0.1) is 23.2 Å². The van der Waals surface area contributed by atoms with Gasteiger partial charge < -0.3 is 14.8 Å². The van der Waals surface area contributed by atoms with Gasteiger partial charge in [-0.15, -0.1) is 11.3 Å². The van der Waals surface area contributed by atoms with E-state index < -0.39 is 5.41 Å². The van der Waals surface area contributed by atoms with Gasteiger partial charge in [-0.05, 0) is 109 Å². The highest BCUT2D eigenvalue weighted by Gasteiger charge is 2.47. The van der Waals surface area contributed by atoms with Crippen LogP contribution in [0.25, 0.3) is 21.5 Å². The molecule has 1 N–H and O–H groups in total. The molecule has 46 heavy (non-hydrogen) atoms. The molecule has 246 valence electrons. The number of thiophene rings is 1. The minimum atomic E-state index is -0.650. The summed E-state index contributed by atoms with van der Waals surface area (Å²) in [6.45, 7) is 12.1. The third-order valence-corrected chi connectivity index (χ3v) is 13.3. The third kappa shape index (κ3) is 6.08. The first-order chi connectivity index (χ1) is 22.1. The number of fused-ring (bicyclic) bond motifs is 3. The first-order valence-electron chi connectivity index (χ1n) is 17.3. The second kappa shape index (κ2) is 12.8. The Morgan fingerprint density at radius 1 is 0.870 bits per heavy atom. The Bertz CT molecular complexity index is 1600. The number of Topliss-reactive ketones (excluding diaryl/α,β-unsaturated/α-hetero) is 1. The highest BCUT2D eigenvalue weighted by Crippen LogP contribution is 2.44. The molecule has 9 heteroatoms. The van der Waals surface area contributed by atoms with E-state index in [1.54, 1.807) is 11.3 Å². The van der Waals surface area contributed by atoms with Crippen LogP contribution in [0.2, 0.25) is 0 Å². The number of aryl methyl sites for hydroxylation is 2. The second-order valence-corrected chi connectivity index (χ2v) is 17.0. The van der Waals surface area contributed by atoms with E-state index in [2.05, 4.69) is 66.7 Å². The number of benzene rings is 1. The van der Waals surface area contributed by atoms with Crippen molar-refractivity contribution in [3.63, 3.8) is 0 Å². The van der Waals surface area contributed by atoms with Crippen LogP contribution in [0.1, 0.15) is 85.2 Å². The van der Waals surface area contributed by atoms with Gasteiger partial charge in [-0.1, -0.05) is 17.2 Å². The third-order valence-electron chi connectivity index (χ3n) is 11.0. The van der Waals surface area contributed by atoms with Crippen LogP contribution in [0.5, 0.6) is 0 Å². The fraction of sp³-hybridized carbons (Fsp3) is 0.595. The summed E-state index contributed by atoms with van der Waals surface area (Å²) in [4.78, 5) is 53.3. The van der Waals surface area contributed by atoms with Crippen LogP contribution in [0.15, 0.2) is 24.3 Å². The minimum Gasteiger partial charge on any atom is -0.346 e. The van der Waals surface area contributed by atoms with Gasteiger partial charge in [-0.25, -0.2) is 0 Å². The van der Waals surface area contributed by atoms with Gasteiger partial charge in [0.15, 0.2) is 5.78 Å². The molecule has 0 unspecified atom stereocenters. The van der Waals surface area contributed by atoms with E-state index in [-0.39, 0.29) is 11.7 Å². The van der Waals surface area contributed by atoms with E-state index in [0.29, 0.717) is 36.9 Å². The van der Waals surface area contributed by atoms with E-state index in [1.807, 2.05) is 16.7 Å². The van der Waals surface area contributed by atoms with Crippen LogP contribution in [0, 0.1) is 19.8 Å². The summed E-state index contributed by atoms with van der Waals surface area (Å²) in [6, 6.07) is 9.37. The molecule has 4 aliphatic heterocycles. The molecule has 0 atom stereocenters. The number of nitrogens with zero attached hydrogens (tertiary/aromatic N) is 3. The normalized spacial score (nSPS) is 22.7. The van der Waals surface area contributed by atoms with Gasteiger partial charge >= 0.3 is 0 Å². The average molecular weight is 661 g/mol. The Morgan fingerprint density at radius 2 is 1.50 bits per heavy atom. The van der Waals surface area contributed by atoms with Crippen LogP contribution in [0.3, 0.4) is 0 Å². The average Bonchev–Trinajstić information content (AvgIpc) is 3.82. The van der Waals surface area contributed by atoms with Crippen molar-refractivity contribution in [1.29, 1.82) is 0 Å². The lowest BCUT2D eigenvalue weighted by Crippen LogP contribution is -2.45. The molecule has 7 nitrogen and oxygen atoms in total. The Hall–Kier alpha value is -2.62. The lowest BCUT2D eigenvalue weighted by Gasteiger charge is -2.33. The molecule has 6 heterocycles. The number of H-pyrrole nitrogens is 1. The Morgan fingerprint density at radius 3 is 2.13 bits per heavy atom. The summed E-state index contributed by atoms with van der Waals surface area (Å²) in [7, 11) is 0. The van der Waals surface area contributed by atoms with Crippen LogP contribution < -0.4 is 0 Å². The molecule has 0 radical (unpaired) electrons. The van der Waals surface area contributed by atoms with Crippen LogP contribution in [-0.4, -0.2) is 93.6 Å².